The summed E-state index contributed by atoms with van der Waals surface area (Å²) >= 11 is 0. The highest BCUT2D eigenvalue weighted by Gasteiger charge is 2.25. The molecule has 12 rings (SSSR count). The first-order chi connectivity index (χ1) is 28.8. The molecule has 11 aromatic rings. The normalized spacial score (nSPS) is 12.6. The SMILES string of the molecule is C1=Cc2cccc(N(c3ccccc3)c3ccc4c(c3)oc3c5oc6cc(N(c7ccccc7)c7cccc8ccccc78)ccc6c5c5ccccc5c43)c2CC1. The van der Waals surface area contributed by atoms with Crippen LogP contribution in [-0.4, -0.2) is 0 Å². The number of furan rings is 2. The van der Waals surface area contributed by atoms with Crippen LogP contribution in [0.1, 0.15) is 17.5 Å². The molecule has 4 nitrogen and oxygen atoms in total. The van der Waals surface area contributed by atoms with Crippen molar-refractivity contribution in [3.8, 4) is 0 Å². The summed E-state index contributed by atoms with van der Waals surface area (Å²) in [6.07, 6.45) is 6.56. The van der Waals surface area contributed by atoms with Crippen molar-refractivity contribution >= 4 is 106 Å². The molecule has 0 unspecified atom stereocenters. The minimum Gasteiger partial charge on any atom is -0.452 e. The first-order valence-corrected chi connectivity index (χ1v) is 20.0. The van der Waals surface area contributed by atoms with Crippen molar-refractivity contribution in [3.05, 3.63) is 199 Å². The summed E-state index contributed by atoms with van der Waals surface area (Å²) in [5, 5.41) is 8.93. The zero-order valence-electron chi connectivity index (χ0n) is 31.6. The maximum Gasteiger partial charge on any atom is 0.179 e. The summed E-state index contributed by atoms with van der Waals surface area (Å²) < 4.78 is 14.0. The number of hydrogen-bond acceptors (Lipinski definition) is 4. The van der Waals surface area contributed by atoms with Crippen molar-refractivity contribution in [2.24, 2.45) is 0 Å². The van der Waals surface area contributed by atoms with E-state index in [1.54, 1.807) is 0 Å². The van der Waals surface area contributed by atoms with E-state index >= 15 is 0 Å². The number of anilines is 6. The molecule has 0 spiro atoms. The van der Waals surface area contributed by atoms with Crippen LogP contribution in [0.15, 0.2) is 197 Å². The summed E-state index contributed by atoms with van der Waals surface area (Å²) in [6, 6.07) is 64.8. The van der Waals surface area contributed by atoms with Crippen LogP contribution in [0.5, 0.6) is 0 Å². The molecular formula is C54H36N2O2. The largest absolute Gasteiger partial charge is 0.452 e. The van der Waals surface area contributed by atoms with E-state index in [2.05, 4.69) is 204 Å². The van der Waals surface area contributed by atoms with Gasteiger partial charge in [-0.15, -0.1) is 0 Å². The Bertz CT molecular complexity index is 3410. The smallest absolute Gasteiger partial charge is 0.179 e. The molecule has 58 heavy (non-hydrogen) atoms. The van der Waals surface area contributed by atoms with Gasteiger partial charge < -0.3 is 18.6 Å². The topological polar surface area (TPSA) is 32.8 Å². The van der Waals surface area contributed by atoms with Crippen LogP contribution >= 0.6 is 0 Å². The first-order valence-electron chi connectivity index (χ1n) is 20.0. The molecule has 0 saturated carbocycles. The van der Waals surface area contributed by atoms with Crippen molar-refractivity contribution in [2.75, 3.05) is 9.80 Å². The van der Waals surface area contributed by atoms with Gasteiger partial charge in [0.25, 0.3) is 0 Å². The van der Waals surface area contributed by atoms with Crippen molar-refractivity contribution < 1.29 is 8.83 Å². The van der Waals surface area contributed by atoms with Gasteiger partial charge in [0.05, 0.1) is 5.69 Å². The molecule has 0 saturated heterocycles. The average Bonchev–Trinajstić information content (AvgIpc) is 3.87. The van der Waals surface area contributed by atoms with Crippen molar-refractivity contribution in [2.45, 2.75) is 12.8 Å². The van der Waals surface area contributed by atoms with E-state index in [-0.39, 0.29) is 0 Å². The van der Waals surface area contributed by atoms with Crippen LogP contribution in [-0.2, 0) is 6.42 Å². The Labute approximate surface area is 335 Å². The fraction of sp³-hybridized carbons (Fsp3) is 0.0370. The lowest BCUT2D eigenvalue weighted by Crippen LogP contribution is -2.13. The second kappa shape index (κ2) is 13.0. The summed E-state index contributed by atoms with van der Waals surface area (Å²) in [4.78, 5) is 4.69. The Balaban J connectivity index is 1.08. The summed E-state index contributed by atoms with van der Waals surface area (Å²) in [7, 11) is 0. The van der Waals surface area contributed by atoms with Crippen molar-refractivity contribution in [3.63, 3.8) is 0 Å². The van der Waals surface area contributed by atoms with E-state index in [4.69, 9.17) is 8.83 Å². The van der Waals surface area contributed by atoms with Crippen molar-refractivity contribution in [1.29, 1.82) is 0 Å². The standard InChI is InChI=1S/C54H36N2O2/c1-3-19-37(20-4-1)55(47-27-13-17-35-15-7-9-23-41(35)47)39-29-31-45-49(33-39)57-53-51(45)43-25-11-12-26-44(43)52-46-32-30-40(34-50(46)58-54(52)53)56(38-21-5-2-6-22-38)48-28-14-18-36-16-8-10-24-42(36)48/h1-9,11-23,25-34H,10,24H2. The van der Waals surface area contributed by atoms with Gasteiger partial charge in [0.1, 0.15) is 11.2 Å². The first kappa shape index (κ1) is 32.7. The lowest BCUT2D eigenvalue weighted by Gasteiger charge is -2.29. The molecule has 0 fully saturated rings. The zero-order chi connectivity index (χ0) is 38.2. The molecule has 0 N–H and O–H groups in total. The highest BCUT2D eigenvalue weighted by Crippen LogP contribution is 2.48. The lowest BCUT2D eigenvalue weighted by atomic mass is 9.94. The molecule has 9 aromatic carbocycles. The Hall–Kier alpha value is -7.56. The number of fused-ring (bicyclic) bond motifs is 12. The predicted octanol–water partition coefficient (Wildman–Crippen LogP) is 15.7. The van der Waals surface area contributed by atoms with Gasteiger partial charge in [-0.25, -0.2) is 0 Å². The van der Waals surface area contributed by atoms with E-state index in [1.807, 2.05) is 0 Å². The molecule has 2 heterocycles. The molecule has 4 heteroatoms. The Morgan fingerprint density at radius 3 is 1.55 bits per heavy atom. The van der Waals surface area contributed by atoms with Gasteiger partial charge in [0.15, 0.2) is 11.2 Å². The molecule has 0 bridgehead atoms. The molecule has 1 aliphatic rings. The van der Waals surface area contributed by atoms with Crippen LogP contribution in [0.25, 0.3) is 71.5 Å². The molecule has 0 aliphatic heterocycles. The Kier molecular flexibility index (Phi) is 7.32. The predicted molar refractivity (Wildman–Crippen MR) is 243 cm³/mol. The fourth-order valence-electron chi connectivity index (χ4n) is 9.30. The molecular weight excluding hydrogens is 709 g/mol. The van der Waals surface area contributed by atoms with E-state index < -0.39 is 0 Å². The van der Waals surface area contributed by atoms with Gasteiger partial charge in [0, 0.05) is 67.5 Å². The molecule has 0 amide bonds. The Morgan fingerprint density at radius 2 is 0.914 bits per heavy atom. The third kappa shape index (κ3) is 5.01. The zero-order valence-corrected chi connectivity index (χ0v) is 31.6. The maximum atomic E-state index is 7.00. The molecule has 0 atom stereocenters. The second-order valence-electron chi connectivity index (χ2n) is 15.1. The van der Waals surface area contributed by atoms with Crippen LogP contribution in [0.2, 0.25) is 0 Å². The van der Waals surface area contributed by atoms with Crippen molar-refractivity contribution in [1.82, 2.24) is 0 Å². The van der Waals surface area contributed by atoms with Gasteiger partial charge in [-0.2, -0.15) is 0 Å². The molecule has 0 radical (unpaired) electrons. The van der Waals surface area contributed by atoms with E-state index in [1.165, 1.54) is 27.6 Å². The second-order valence-corrected chi connectivity index (χ2v) is 15.1. The van der Waals surface area contributed by atoms with Crippen LogP contribution < -0.4 is 9.80 Å². The summed E-state index contributed by atoms with van der Waals surface area (Å²) in [6.45, 7) is 0. The Morgan fingerprint density at radius 1 is 0.397 bits per heavy atom. The van der Waals surface area contributed by atoms with Gasteiger partial charge in [-0.05, 0) is 101 Å². The minimum absolute atomic E-state index is 0.763. The number of rotatable bonds is 6. The van der Waals surface area contributed by atoms with E-state index in [0.717, 1.165) is 95.9 Å². The molecule has 274 valence electrons. The quantitative estimate of drug-likeness (QED) is 0.170. The highest BCUT2D eigenvalue weighted by molar-refractivity contribution is 6.33. The highest BCUT2D eigenvalue weighted by atomic mass is 16.4. The van der Waals surface area contributed by atoms with E-state index in [0.29, 0.717) is 0 Å². The number of benzene rings is 9. The van der Waals surface area contributed by atoms with Gasteiger partial charge in [0.2, 0.25) is 0 Å². The number of para-hydroxylation sites is 2. The monoisotopic (exact) mass is 744 g/mol. The third-order valence-corrected chi connectivity index (χ3v) is 11.9. The lowest BCUT2D eigenvalue weighted by molar-refractivity contribution is 0.633. The van der Waals surface area contributed by atoms with Crippen LogP contribution in [0.4, 0.5) is 34.1 Å². The summed E-state index contributed by atoms with van der Waals surface area (Å²) in [5.74, 6) is 0. The number of allylic oxidation sites excluding steroid dienone is 1. The van der Waals surface area contributed by atoms with Crippen LogP contribution in [0, 0.1) is 0 Å². The molecule has 1 aliphatic carbocycles. The number of nitrogens with zero attached hydrogens (tertiary/aromatic N) is 2. The fourth-order valence-corrected chi connectivity index (χ4v) is 9.30. The van der Waals surface area contributed by atoms with Gasteiger partial charge in [-0.3, -0.25) is 0 Å². The van der Waals surface area contributed by atoms with Gasteiger partial charge >= 0.3 is 0 Å². The van der Waals surface area contributed by atoms with E-state index in [9.17, 15) is 0 Å². The minimum atomic E-state index is 0.763. The number of hydrogen-bond donors (Lipinski definition) is 0. The summed E-state index contributed by atoms with van der Waals surface area (Å²) in [5.41, 5.74) is 12.3. The maximum absolute atomic E-state index is 7.00. The van der Waals surface area contributed by atoms with Crippen LogP contribution in [0.3, 0.4) is 0 Å². The average molecular weight is 745 g/mol. The third-order valence-electron chi connectivity index (χ3n) is 11.9. The molecule has 2 aromatic heterocycles. The van der Waals surface area contributed by atoms with Gasteiger partial charge in [-0.1, -0.05) is 121 Å².